The van der Waals surface area contributed by atoms with Crippen LogP contribution < -0.4 is 10.6 Å². The zero-order valence-corrected chi connectivity index (χ0v) is 11.9. The zero-order chi connectivity index (χ0) is 12.7. The zero-order valence-electron chi connectivity index (χ0n) is 10.3. The maximum absolute atomic E-state index is 11.6. The molecular weight excluding hydrogens is 280 g/mol. The lowest BCUT2D eigenvalue weighted by molar-refractivity contribution is -0.120. The lowest BCUT2D eigenvalue weighted by Gasteiger charge is -2.14. The number of carbonyl (C=O) groups excluding carboxylic acids is 1. The maximum atomic E-state index is 11.6. The summed E-state index contributed by atoms with van der Waals surface area (Å²) in [5.41, 5.74) is 1.10. The Labute approximate surface area is 111 Å². The predicted molar refractivity (Wildman–Crippen MR) is 73.9 cm³/mol. The molecule has 0 unspecified atom stereocenters. The van der Waals surface area contributed by atoms with Gasteiger partial charge in [0.25, 0.3) is 0 Å². The van der Waals surface area contributed by atoms with Gasteiger partial charge in [-0.15, -0.1) is 0 Å². The van der Waals surface area contributed by atoms with Crippen LogP contribution in [0.5, 0.6) is 0 Å². The average Bonchev–Trinajstić information content (AvgIpc) is 2.29. The van der Waals surface area contributed by atoms with Gasteiger partial charge in [-0.05, 0) is 37.6 Å². The van der Waals surface area contributed by atoms with Crippen LogP contribution >= 0.6 is 15.9 Å². The van der Waals surface area contributed by atoms with Crippen molar-refractivity contribution < 1.29 is 4.79 Å². The van der Waals surface area contributed by atoms with Crippen molar-refractivity contribution >= 4 is 21.8 Å². The van der Waals surface area contributed by atoms with E-state index in [0.717, 1.165) is 23.0 Å². The summed E-state index contributed by atoms with van der Waals surface area (Å²) in [7, 11) is 0. The summed E-state index contributed by atoms with van der Waals surface area (Å²) in [6.07, 6.45) is 1.04. The Morgan fingerprint density at radius 3 is 2.88 bits per heavy atom. The van der Waals surface area contributed by atoms with Crippen LogP contribution in [0, 0.1) is 0 Å². The van der Waals surface area contributed by atoms with Gasteiger partial charge in [0.05, 0.1) is 12.6 Å². The van der Waals surface area contributed by atoms with E-state index < -0.39 is 0 Å². The number of carbonyl (C=O) groups is 1. The third kappa shape index (κ3) is 5.33. The minimum Gasteiger partial charge on any atom is -0.348 e. The first-order valence-electron chi connectivity index (χ1n) is 5.89. The van der Waals surface area contributed by atoms with Crippen molar-refractivity contribution in [3.8, 4) is 0 Å². The average molecular weight is 299 g/mol. The fourth-order valence-electron chi connectivity index (χ4n) is 1.53. The summed E-state index contributed by atoms with van der Waals surface area (Å²) < 4.78 is 1.03. The molecule has 0 bridgehead atoms. The molecular formula is C13H19BrN2O. The first-order chi connectivity index (χ1) is 8.13. The smallest absolute Gasteiger partial charge is 0.234 e. The van der Waals surface area contributed by atoms with Gasteiger partial charge < -0.3 is 10.6 Å². The highest BCUT2D eigenvalue weighted by Crippen LogP contribution is 2.17. The number of nitrogens with one attached hydrogen (secondary N) is 2. The molecule has 1 aromatic rings. The van der Waals surface area contributed by atoms with Gasteiger partial charge in [0.2, 0.25) is 5.91 Å². The molecule has 0 aromatic heterocycles. The Morgan fingerprint density at radius 2 is 2.24 bits per heavy atom. The molecule has 1 amide bonds. The van der Waals surface area contributed by atoms with Crippen LogP contribution in [0.2, 0.25) is 0 Å². The summed E-state index contributed by atoms with van der Waals surface area (Å²) in [5.74, 6) is 0.0333. The molecule has 2 N–H and O–H groups in total. The molecule has 1 aromatic carbocycles. The van der Waals surface area contributed by atoms with Gasteiger partial charge in [0, 0.05) is 4.47 Å². The van der Waals surface area contributed by atoms with Crippen molar-refractivity contribution in [2.75, 3.05) is 13.1 Å². The first kappa shape index (κ1) is 14.2. The Bertz CT molecular complexity index is 368. The third-order valence-corrected chi connectivity index (χ3v) is 2.93. The van der Waals surface area contributed by atoms with Crippen molar-refractivity contribution in [3.05, 3.63) is 34.3 Å². The molecule has 4 heteroatoms. The number of rotatable bonds is 6. The van der Waals surface area contributed by atoms with E-state index in [1.54, 1.807) is 0 Å². The minimum atomic E-state index is 0.0310. The predicted octanol–water partition coefficient (Wildman–Crippen LogP) is 2.63. The van der Waals surface area contributed by atoms with Crippen LogP contribution in [-0.4, -0.2) is 19.0 Å². The lowest BCUT2D eigenvalue weighted by atomic mass is 10.1. The summed E-state index contributed by atoms with van der Waals surface area (Å²) in [4.78, 5) is 11.6. The molecule has 0 aliphatic carbocycles. The van der Waals surface area contributed by atoms with Crippen molar-refractivity contribution in [1.82, 2.24) is 10.6 Å². The normalized spacial score (nSPS) is 12.2. The Hall–Kier alpha value is -0.870. The van der Waals surface area contributed by atoms with Crippen LogP contribution in [0.15, 0.2) is 28.7 Å². The first-order valence-corrected chi connectivity index (χ1v) is 6.68. The fraction of sp³-hybridized carbons (Fsp3) is 0.462. The maximum Gasteiger partial charge on any atom is 0.234 e. The second-order valence-electron chi connectivity index (χ2n) is 4.02. The fourth-order valence-corrected chi connectivity index (χ4v) is 1.95. The second-order valence-corrected chi connectivity index (χ2v) is 4.94. The SMILES string of the molecule is CCCNCC(=O)N[C@H](C)c1cccc(Br)c1. The van der Waals surface area contributed by atoms with Crippen molar-refractivity contribution in [2.45, 2.75) is 26.3 Å². The van der Waals surface area contributed by atoms with Gasteiger partial charge in [-0.1, -0.05) is 35.0 Å². The highest BCUT2D eigenvalue weighted by molar-refractivity contribution is 9.10. The van der Waals surface area contributed by atoms with Crippen molar-refractivity contribution in [3.63, 3.8) is 0 Å². The van der Waals surface area contributed by atoms with Crippen molar-refractivity contribution in [1.29, 1.82) is 0 Å². The molecule has 0 spiro atoms. The van der Waals surface area contributed by atoms with Crippen molar-refractivity contribution in [2.24, 2.45) is 0 Å². The van der Waals surface area contributed by atoms with Crippen LogP contribution in [0.3, 0.4) is 0 Å². The van der Waals surface area contributed by atoms with Crippen LogP contribution in [0.25, 0.3) is 0 Å². The van der Waals surface area contributed by atoms with Crippen LogP contribution in [-0.2, 0) is 4.79 Å². The summed E-state index contributed by atoms with van der Waals surface area (Å²) in [6.45, 7) is 5.32. The van der Waals surface area contributed by atoms with E-state index in [9.17, 15) is 4.79 Å². The van der Waals surface area contributed by atoms with Gasteiger partial charge in [0.15, 0.2) is 0 Å². The summed E-state index contributed by atoms with van der Waals surface area (Å²) in [5, 5.41) is 6.04. The number of amides is 1. The molecule has 0 saturated carbocycles. The molecule has 1 atom stereocenters. The lowest BCUT2D eigenvalue weighted by Crippen LogP contribution is -2.35. The molecule has 17 heavy (non-hydrogen) atoms. The number of hydrogen-bond acceptors (Lipinski definition) is 2. The molecule has 0 aliphatic heterocycles. The molecule has 94 valence electrons. The summed E-state index contributed by atoms with van der Waals surface area (Å²) >= 11 is 3.42. The van der Waals surface area contributed by atoms with Gasteiger partial charge in [-0.25, -0.2) is 0 Å². The van der Waals surface area contributed by atoms with E-state index in [2.05, 4.69) is 33.5 Å². The van der Waals surface area contributed by atoms with E-state index in [0.29, 0.717) is 6.54 Å². The Morgan fingerprint density at radius 1 is 1.47 bits per heavy atom. The minimum absolute atomic E-state index is 0.0310. The third-order valence-electron chi connectivity index (χ3n) is 2.44. The highest BCUT2D eigenvalue weighted by Gasteiger charge is 2.08. The second kappa shape index (κ2) is 7.45. The Kier molecular flexibility index (Phi) is 6.22. The molecule has 0 saturated heterocycles. The van der Waals surface area contributed by atoms with E-state index >= 15 is 0 Å². The molecule has 0 aliphatic rings. The van der Waals surface area contributed by atoms with Gasteiger partial charge in [0.1, 0.15) is 0 Å². The standard InChI is InChI=1S/C13H19BrN2O/c1-3-7-15-9-13(17)16-10(2)11-5-4-6-12(14)8-11/h4-6,8,10,15H,3,7,9H2,1-2H3,(H,16,17)/t10-/m1/s1. The summed E-state index contributed by atoms with van der Waals surface area (Å²) in [6, 6.07) is 8.00. The van der Waals surface area contributed by atoms with E-state index in [1.807, 2.05) is 31.2 Å². The molecule has 3 nitrogen and oxygen atoms in total. The van der Waals surface area contributed by atoms with Crippen LogP contribution in [0.1, 0.15) is 31.9 Å². The largest absolute Gasteiger partial charge is 0.348 e. The highest BCUT2D eigenvalue weighted by atomic mass is 79.9. The van der Waals surface area contributed by atoms with E-state index in [4.69, 9.17) is 0 Å². The topological polar surface area (TPSA) is 41.1 Å². The van der Waals surface area contributed by atoms with Gasteiger partial charge >= 0.3 is 0 Å². The van der Waals surface area contributed by atoms with Crippen LogP contribution in [0.4, 0.5) is 0 Å². The van der Waals surface area contributed by atoms with Gasteiger partial charge in [-0.3, -0.25) is 4.79 Å². The van der Waals surface area contributed by atoms with E-state index in [1.165, 1.54) is 0 Å². The monoisotopic (exact) mass is 298 g/mol. The quantitative estimate of drug-likeness (QED) is 0.793. The Balaban J connectivity index is 2.43. The molecule has 0 heterocycles. The van der Waals surface area contributed by atoms with E-state index in [-0.39, 0.29) is 11.9 Å². The number of hydrogen-bond donors (Lipinski definition) is 2. The molecule has 0 radical (unpaired) electrons. The molecule has 0 fully saturated rings. The number of benzene rings is 1. The van der Waals surface area contributed by atoms with Gasteiger partial charge in [-0.2, -0.15) is 0 Å². The molecule has 1 rings (SSSR count). The number of halogens is 1.